The topological polar surface area (TPSA) is 107 Å². The van der Waals surface area contributed by atoms with E-state index in [4.69, 9.17) is 5.73 Å². The van der Waals surface area contributed by atoms with Gasteiger partial charge in [-0.2, -0.15) is 14.3 Å². The number of hydrogen-bond donors (Lipinski definition) is 2. The summed E-state index contributed by atoms with van der Waals surface area (Å²) in [6.07, 6.45) is 0.618. The van der Waals surface area contributed by atoms with Crippen molar-refractivity contribution in [1.82, 2.24) is 19.3 Å². The lowest BCUT2D eigenvalue weighted by Crippen LogP contribution is -2.11. The highest BCUT2D eigenvalue weighted by molar-refractivity contribution is 7.11. The van der Waals surface area contributed by atoms with Crippen LogP contribution in [-0.2, 0) is 13.0 Å². The Morgan fingerprint density at radius 3 is 2.76 bits per heavy atom. The molecule has 0 spiro atoms. The minimum atomic E-state index is -0.533. The first-order valence-corrected chi connectivity index (χ1v) is 9.74. The first kappa shape index (κ1) is 18.9. The van der Waals surface area contributed by atoms with E-state index in [1.807, 2.05) is 19.1 Å². The molecular formula is C20H17FN6OS. The zero-order chi connectivity index (χ0) is 20.4. The lowest BCUT2D eigenvalue weighted by molar-refractivity contribution is 0.100. The van der Waals surface area contributed by atoms with Crippen molar-refractivity contribution in [2.75, 3.05) is 5.32 Å². The number of aromatic nitrogens is 4. The number of primary amides is 1. The average molecular weight is 408 g/mol. The van der Waals surface area contributed by atoms with Crippen LogP contribution < -0.4 is 11.1 Å². The van der Waals surface area contributed by atoms with Gasteiger partial charge >= 0.3 is 0 Å². The lowest BCUT2D eigenvalue weighted by atomic mass is 10.1. The minimum absolute atomic E-state index is 0.295. The Labute approximate surface area is 170 Å². The molecular weight excluding hydrogens is 391 g/mol. The molecule has 9 heteroatoms. The van der Waals surface area contributed by atoms with Gasteiger partial charge in [-0.3, -0.25) is 4.79 Å². The summed E-state index contributed by atoms with van der Waals surface area (Å²) in [5.74, 6) is 0.645. The van der Waals surface area contributed by atoms with Crippen molar-refractivity contribution in [2.45, 2.75) is 19.9 Å². The van der Waals surface area contributed by atoms with E-state index in [9.17, 15) is 9.18 Å². The number of carbonyl (C=O) groups excluding carboxylic acids is 1. The molecule has 0 saturated heterocycles. The second kappa shape index (κ2) is 7.88. The summed E-state index contributed by atoms with van der Waals surface area (Å²) in [6.45, 7) is 2.32. The number of benzene rings is 2. The minimum Gasteiger partial charge on any atom is -0.366 e. The molecule has 0 radical (unpaired) electrons. The molecule has 0 aliphatic rings. The number of carbonyl (C=O) groups is 1. The molecule has 0 bridgehead atoms. The maximum Gasteiger partial charge on any atom is 0.250 e. The smallest absolute Gasteiger partial charge is 0.250 e. The number of aryl methyl sites for hydroxylation is 1. The van der Waals surface area contributed by atoms with Crippen LogP contribution in [0.5, 0.6) is 0 Å². The van der Waals surface area contributed by atoms with Gasteiger partial charge in [0.2, 0.25) is 5.95 Å². The quantitative estimate of drug-likeness (QED) is 0.505. The number of amides is 1. The number of fused-ring (bicyclic) bond motifs is 1. The summed E-state index contributed by atoms with van der Waals surface area (Å²) in [7, 11) is 0. The van der Waals surface area contributed by atoms with Crippen LogP contribution in [0.15, 0.2) is 42.5 Å². The summed E-state index contributed by atoms with van der Waals surface area (Å²) in [5, 5.41) is 3.88. The normalized spacial score (nSPS) is 11.0. The molecule has 146 valence electrons. The third-order valence-electron chi connectivity index (χ3n) is 4.32. The fraction of sp³-hybridized carbons (Fsp3) is 0.150. The second-order valence-electron chi connectivity index (χ2n) is 6.31. The van der Waals surface area contributed by atoms with Crippen molar-refractivity contribution < 1.29 is 9.18 Å². The van der Waals surface area contributed by atoms with Crippen LogP contribution in [-0.4, -0.2) is 25.2 Å². The first-order chi connectivity index (χ1) is 14.0. The van der Waals surface area contributed by atoms with Gasteiger partial charge in [-0.05, 0) is 35.3 Å². The summed E-state index contributed by atoms with van der Waals surface area (Å²) in [6, 6.07) is 11.6. The molecule has 0 atom stereocenters. The van der Waals surface area contributed by atoms with Crippen molar-refractivity contribution in [3.8, 4) is 10.7 Å². The van der Waals surface area contributed by atoms with E-state index in [0.717, 1.165) is 15.8 Å². The van der Waals surface area contributed by atoms with Crippen LogP contribution in [0.4, 0.5) is 10.3 Å². The molecule has 2 aromatic heterocycles. The summed E-state index contributed by atoms with van der Waals surface area (Å²) < 4.78 is 17.8. The van der Waals surface area contributed by atoms with E-state index >= 15 is 0 Å². The van der Waals surface area contributed by atoms with E-state index in [1.54, 1.807) is 18.2 Å². The summed E-state index contributed by atoms with van der Waals surface area (Å²) in [5.41, 5.74) is 7.12. The Kier molecular flexibility index (Phi) is 5.13. The summed E-state index contributed by atoms with van der Waals surface area (Å²) in [4.78, 5) is 25.8. The van der Waals surface area contributed by atoms with Gasteiger partial charge in [-0.25, -0.2) is 9.37 Å². The van der Waals surface area contributed by atoms with Crippen molar-refractivity contribution in [3.63, 3.8) is 0 Å². The van der Waals surface area contributed by atoms with Gasteiger partial charge in [0.25, 0.3) is 5.91 Å². The highest BCUT2D eigenvalue weighted by Gasteiger charge is 2.17. The van der Waals surface area contributed by atoms with Gasteiger partial charge in [0.1, 0.15) is 16.5 Å². The second-order valence-corrected chi connectivity index (χ2v) is 7.09. The molecule has 29 heavy (non-hydrogen) atoms. The van der Waals surface area contributed by atoms with E-state index in [2.05, 4.69) is 24.6 Å². The highest BCUT2D eigenvalue weighted by atomic mass is 32.1. The van der Waals surface area contributed by atoms with Crippen LogP contribution in [0.3, 0.4) is 0 Å². The molecule has 4 aromatic rings. The molecule has 0 aliphatic heterocycles. The van der Waals surface area contributed by atoms with Crippen LogP contribution >= 0.6 is 11.5 Å². The fourth-order valence-electron chi connectivity index (χ4n) is 2.91. The predicted molar refractivity (Wildman–Crippen MR) is 110 cm³/mol. The van der Waals surface area contributed by atoms with E-state index in [-0.39, 0.29) is 5.82 Å². The van der Waals surface area contributed by atoms with E-state index < -0.39 is 5.91 Å². The van der Waals surface area contributed by atoms with Crippen molar-refractivity contribution >= 4 is 34.3 Å². The summed E-state index contributed by atoms with van der Waals surface area (Å²) >= 11 is 1.20. The standard InChI is InChI=1S/C20H17FN6OS/c1-2-15-24-19(17-13-7-4-8-14(18(22)28)16(13)27-29-17)26-20(25-15)23-10-11-5-3-6-12(21)9-11/h3-9H,2,10H2,1H3,(H2,22,28)(H,23,24,25,26). The molecule has 2 heterocycles. The maximum atomic E-state index is 13.4. The van der Waals surface area contributed by atoms with Gasteiger partial charge in [-0.15, -0.1) is 0 Å². The van der Waals surface area contributed by atoms with Crippen LogP contribution in [0, 0.1) is 5.82 Å². The number of halogens is 1. The Bertz CT molecular complexity index is 1210. The number of hydrogen-bond acceptors (Lipinski definition) is 7. The number of anilines is 1. The van der Waals surface area contributed by atoms with Crippen LogP contribution in [0.2, 0.25) is 0 Å². The Hall–Kier alpha value is -3.46. The number of nitrogens with one attached hydrogen (secondary N) is 1. The molecule has 3 N–H and O–H groups in total. The zero-order valence-corrected chi connectivity index (χ0v) is 16.3. The monoisotopic (exact) mass is 408 g/mol. The Balaban J connectivity index is 1.71. The Morgan fingerprint density at radius 2 is 2.00 bits per heavy atom. The maximum absolute atomic E-state index is 13.4. The molecule has 1 amide bonds. The molecule has 4 rings (SSSR count). The Morgan fingerprint density at radius 1 is 1.17 bits per heavy atom. The third-order valence-corrected chi connectivity index (χ3v) is 5.17. The molecule has 0 aliphatic carbocycles. The molecule has 0 saturated carbocycles. The van der Waals surface area contributed by atoms with Gasteiger partial charge in [0.15, 0.2) is 5.82 Å². The van der Waals surface area contributed by atoms with Crippen molar-refractivity contribution in [2.24, 2.45) is 5.73 Å². The van der Waals surface area contributed by atoms with Gasteiger partial charge in [0, 0.05) is 18.4 Å². The molecule has 0 unspecified atom stereocenters. The number of nitrogens with two attached hydrogens (primary N) is 1. The fourth-order valence-corrected chi connectivity index (χ4v) is 3.73. The largest absolute Gasteiger partial charge is 0.366 e. The molecule has 2 aromatic carbocycles. The van der Waals surface area contributed by atoms with Gasteiger partial charge < -0.3 is 11.1 Å². The van der Waals surface area contributed by atoms with Crippen molar-refractivity contribution in [3.05, 3.63) is 65.2 Å². The van der Waals surface area contributed by atoms with Gasteiger partial charge in [-0.1, -0.05) is 31.2 Å². The highest BCUT2D eigenvalue weighted by Crippen LogP contribution is 2.32. The van der Waals surface area contributed by atoms with E-state index in [1.165, 1.54) is 23.7 Å². The predicted octanol–water partition coefficient (Wildman–Crippen LogP) is 3.56. The molecule has 0 fully saturated rings. The first-order valence-electron chi connectivity index (χ1n) is 8.97. The lowest BCUT2D eigenvalue weighted by Gasteiger charge is -2.08. The van der Waals surface area contributed by atoms with Crippen LogP contribution in [0.25, 0.3) is 21.6 Å². The number of nitrogens with zero attached hydrogens (tertiary/aromatic N) is 4. The molecule has 7 nitrogen and oxygen atoms in total. The van der Waals surface area contributed by atoms with Crippen LogP contribution in [0.1, 0.15) is 28.7 Å². The SMILES string of the molecule is CCc1nc(NCc2cccc(F)c2)nc(-c2snc3c(C(N)=O)cccc23)n1. The zero-order valence-electron chi connectivity index (χ0n) is 15.5. The van der Waals surface area contributed by atoms with Crippen molar-refractivity contribution in [1.29, 1.82) is 0 Å². The van der Waals surface area contributed by atoms with Gasteiger partial charge in [0.05, 0.1) is 11.1 Å². The number of rotatable bonds is 6. The average Bonchev–Trinajstić information content (AvgIpc) is 3.16. The van der Waals surface area contributed by atoms with E-state index in [0.29, 0.717) is 41.6 Å². The third kappa shape index (κ3) is 3.90.